The zero-order chi connectivity index (χ0) is 22.5. The second kappa shape index (κ2) is 9.51. The minimum absolute atomic E-state index is 0.00597. The number of nitrogens with one attached hydrogen (secondary N) is 1. The number of carbonyl (C=O) groups excluding carboxylic acids is 2. The highest BCUT2D eigenvalue weighted by Crippen LogP contribution is 2.36. The Balaban J connectivity index is 1.83. The van der Waals surface area contributed by atoms with Gasteiger partial charge in [-0.1, -0.05) is 59.6 Å². The van der Waals surface area contributed by atoms with Crippen molar-refractivity contribution < 1.29 is 24.5 Å². The lowest BCUT2D eigenvalue weighted by Gasteiger charge is -2.09. The van der Waals surface area contributed by atoms with Crippen LogP contribution in [0.3, 0.4) is 0 Å². The third-order valence-electron chi connectivity index (χ3n) is 4.29. The van der Waals surface area contributed by atoms with E-state index < -0.39 is 17.4 Å². The first-order chi connectivity index (χ1) is 14.8. The summed E-state index contributed by atoms with van der Waals surface area (Å²) in [5.41, 5.74) is 3.19. The van der Waals surface area contributed by atoms with E-state index in [4.69, 9.17) is 27.9 Å². The highest BCUT2D eigenvalue weighted by Gasteiger charge is 2.19. The Morgan fingerprint density at radius 3 is 2.42 bits per heavy atom. The summed E-state index contributed by atoms with van der Waals surface area (Å²) in [6.45, 7) is 0. The predicted molar refractivity (Wildman–Crippen MR) is 118 cm³/mol. The molecule has 158 valence electrons. The number of halogens is 2. The number of rotatable bonds is 6. The van der Waals surface area contributed by atoms with Crippen LogP contribution in [0.15, 0.2) is 59.7 Å². The van der Waals surface area contributed by atoms with Crippen LogP contribution in [0.5, 0.6) is 17.2 Å². The lowest BCUT2D eigenvalue weighted by atomic mass is 10.0. The van der Waals surface area contributed by atoms with E-state index in [9.17, 15) is 19.8 Å². The third kappa shape index (κ3) is 4.79. The average Bonchev–Trinajstić information content (AvgIpc) is 2.77. The van der Waals surface area contributed by atoms with Crippen LogP contribution in [0.4, 0.5) is 0 Å². The molecule has 0 saturated heterocycles. The number of phenolic OH excluding ortho intramolecular Hbond substituents is 2. The molecule has 3 N–H and O–H groups in total. The molecular formula is C22H16Cl2N2O5. The zero-order valence-corrected chi connectivity index (χ0v) is 17.6. The average molecular weight is 459 g/mol. The summed E-state index contributed by atoms with van der Waals surface area (Å²) in [5.74, 6) is -2.08. The summed E-state index contributed by atoms with van der Waals surface area (Å²) in [4.78, 5) is 25.1. The van der Waals surface area contributed by atoms with E-state index >= 15 is 0 Å². The molecule has 3 rings (SSSR count). The molecule has 3 aromatic carbocycles. The number of hydrogen-bond donors (Lipinski definition) is 3. The first-order valence-corrected chi connectivity index (χ1v) is 9.60. The van der Waals surface area contributed by atoms with Gasteiger partial charge >= 0.3 is 0 Å². The molecule has 0 saturated carbocycles. The number of phenols is 2. The van der Waals surface area contributed by atoms with Crippen molar-refractivity contribution in [2.24, 2.45) is 5.10 Å². The lowest BCUT2D eigenvalue weighted by molar-refractivity contribution is 0.0953. The Kier molecular flexibility index (Phi) is 6.79. The van der Waals surface area contributed by atoms with E-state index in [2.05, 4.69) is 10.5 Å². The van der Waals surface area contributed by atoms with E-state index in [1.807, 2.05) is 0 Å². The summed E-state index contributed by atoms with van der Waals surface area (Å²) >= 11 is 12.6. The molecule has 0 fully saturated rings. The third-order valence-corrected chi connectivity index (χ3v) is 5.01. The maximum absolute atomic E-state index is 12.8. The molecule has 0 spiro atoms. The van der Waals surface area contributed by atoms with Gasteiger partial charge in [-0.3, -0.25) is 9.59 Å². The fraction of sp³-hybridized carbons (Fsp3) is 0.0455. The Bertz CT molecular complexity index is 1180. The molecule has 0 aromatic heterocycles. The normalized spacial score (nSPS) is 10.8. The van der Waals surface area contributed by atoms with E-state index in [-0.39, 0.29) is 32.7 Å². The monoisotopic (exact) mass is 458 g/mol. The van der Waals surface area contributed by atoms with Crippen molar-refractivity contribution in [2.45, 2.75) is 0 Å². The van der Waals surface area contributed by atoms with Crippen LogP contribution in [-0.2, 0) is 0 Å². The Hall–Kier alpha value is -3.55. The van der Waals surface area contributed by atoms with E-state index in [1.165, 1.54) is 25.5 Å². The molecule has 9 heteroatoms. The van der Waals surface area contributed by atoms with Gasteiger partial charge in [0.15, 0.2) is 17.3 Å². The number of nitrogens with zero attached hydrogens (tertiary/aromatic N) is 1. The van der Waals surface area contributed by atoms with Gasteiger partial charge in [0.1, 0.15) is 0 Å². The van der Waals surface area contributed by atoms with E-state index in [0.29, 0.717) is 11.1 Å². The second-order valence-corrected chi connectivity index (χ2v) is 7.05. The summed E-state index contributed by atoms with van der Waals surface area (Å²) in [7, 11) is 1.28. The van der Waals surface area contributed by atoms with Gasteiger partial charge in [0, 0.05) is 16.7 Å². The summed E-state index contributed by atoms with van der Waals surface area (Å²) in [6, 6.07) is 13.9. The smallest absolute Gasteiger partial charge is 0.271 e. The highest BCUT2D eigenvalue weighted by atomic mass is 35.5. The van der Waals surface area contributed by atoms with Crippen molar-refractivity contribution in [3.63, 3.8) is 0 Å². The molecule has 0 unspecified atom stereocenters. The highest BCUT2D eigenvalue weighted by molar-refractivity contribution is 6.42. The Labute approximate surface area is 187 Å². The first-order valence-electron chi connectivity index (χ1n) is 8.84. The number of hydrogen-bond acceptors (Lipinski definition) is 6. The number of ether oxygens (including phenoxy) is 1. The van der Waals surface area contributed by atoms with Crippen LogP contribution in [0.25, 0.3) is 0 Å². The summed E-state index contributed by atoms with van der Waals surface area (Å²) in [6.07, 6.45) is 1.26. The molecule has 7 nitrogen and oxygen atoms in total. The van der Waals surface area contributed by atoms with Crippen LogP contribution in [0, 0.1) is 0 Å². The van der Waals surface area contributed by atoms with Crippen molar-refractivity contribution in [1.82, 2.24) is 5.43 Å². The molecule has 0 aliphatic heterocycles. The van der Waals surface area contributed by atoms with Crippen LogP contribution in [0.2, 0.25) is 10.0 Å². The summed E-state index contributed by atoms with van der Waals surface area (Å²) < 4.78 is 4.90. The van der Waals surface area contributed by atoms with Gasteiger partial charge < -0.3 is 14.9 Å². The number of benzene rings is 3. The number of methoxy groups -OCH3 is 1. The van der Waals surface area contributed by atoms with Gasteiger partial charge in [0.25, 0.3) is 5.91 Å². The minimum atomic E-state index is -0.671. The molecule has 0 aliphatic rings. The number of carbonyl (C=O) groups is 2. The second-order valence-electron chi connectivity index (χ2n) is 6.27. The quantitative estimate of drug-likeness (QED) is 0.219. The van der Waals surface area contributed by atoms with Crippen LogP contribution in [-0.4, -0.2) is 35.2 Å². The Morgan fingerprint density at radius 2 is 1.74 bits per heavy atom. The largest absolute Gasteiger partial charge is 0.504 e. The summed E-state index contributed by atoms with van der Waals surface area (Å²) in [5, 5.41) is 23.5. The number of aromatic hydroxyl groups is 2. The van der Waals surface area contributed by atoms with Crippen molar-refractivity contribution in [1.29, 1.82) is 0 Å². The molecule has 1 amide bonds. The molecule has 3 aromatic rings. The van der Waals surface area contributed by atoms with Gasteiger partial charge in [0.2, 0.25) is 5.75 Å². The first kappa shape index (κ1) is 22.1. The number of ketones is 1. The molecule has 0 atom stereocenters. The standard InChI is InChI=1S/C22H16Cl2N2O5/c1-31-17-10-14(9-16(27)21(17)29)22(30)26-25-11-13-7-8-15(23)18(19(13)24)20(28)12-5-3-2-4-6-12/h2-11,27,29H,1H3,(H,26,30)/b25-11+. The van der Waals surface area contributed by atoms with Crippen LogP contribution in [0.1, 0.15) is 31.8 Å². The van der Waals surface area contributed by atoms with E-state index in [1.54, 1.807) is 36.4 Å². The maximum atomic E-state index is 12.8. The Morgan fingerprint density at radius 1 is 1.03 bits per heavy atom. The van der Waals surface area contributed by atoms with Crippen molar-refractivity contribution >= 4 is 41.1 Å². The molecule has 0 aliphatic carbocycles. The predicted octanol–water partition coefficient (Wildman–Crippen LogP) is 4.41. The zero-order valence-electron chi connectivity index (χ0n) is 16.1. The minimum Gasteiger partial charge on any atom is -0.504 e. The van der Waals surface area contributed by atoms with Crippen molar-refractivity contribution in [3.8, 4) is 17.2 Å². The number of amides is 1. The molecule has 0 radical (unpaired) electrons. The lowest BCUT2D eigenvalue weighted by Crippen LogP contribution is -2.17. The van der Waals surface area contributed by atoms with Crippen LogP contribution < -0.4 is 10.2 Å². The molecule has 0 bridgehead atoms. The van der Waals surface area contributed by atoms with Gasteiger partial charge in [-0.2, -0.15) is 5.10 Å². The topological polar surface area (TPSA) is 108 Å². The van der Waals surface area contributed by atoms with Crippen LogP contribution >= 0.6 is 23.2 Å². The van der Waals surface area contributed by atoms with Crippen molar-refractivity contribution in [2.75, 3.05) is 7.11 Å². The van der Waals surface area contributed by atoms with Gasteiger partial charge in [-0.15, -0.1) is 0 Å². The van der Waals surface area contributed by atoms with Crippen molar-refractivity contribution in [3.05, 3.63) is 86.9 Å². The van der Waals surface area contributed by atoms with Gasteiger partial charge in [-0.25, -0.2) is 5.43 Å². The van der Waals surface area contributed by atoms with E-state index in [0.717, 1.165) is 6.07 Å². The fourth-order valence-corrected chi connectivity index (χ4v) is 3.31. The van der Waals surface area contributed by atoms with Gasteiger partial charge in [-0.05, 0) is 18.2 Å². The molecule has 31 heavy (non-hydrogen) atoms. The number of hydrazone groups is 1. The maximum Gasteiger partial charge on any atom is 0.271 e. The van der Waals surface area contributed by atoms with Gasteiger partial charge in [0.05, 0.1) is 28.9 Å². The molecular weight excluding hydrogens is 443 g/mol. The fourth-order valence-electron chi connectivity index (χ4n) is 2.72. The molecule has 0 heterocycles. The SMILES string of the molecule is COc1cc(C(=O)N/N=C/c2ccc(Cl)c(C(=O)c3ccccc3)c2Cl)cc(O)c1O.